The third-order valence-electron chi connectivity index (χ3n) is 3.81. The van der Waals surface area contributed by atoms with E-state index in [1.807, 2.05) is 17.5 Å². The van der Waals surface area contributed by atoms with Gasteiger partial charge in [-0.2, -0.15) is 0 Å². The average Bonchev–Trinajstić information content (AvgIpc) is 3.29. The normalized spacial score (nSPS) is 17.9. The van der Waals surface area contributed by atoms with Crippen molar-refractivity contribution in [1.29, 1.82) is 0 Å². The second-order valence-corrected chi connectivity index (χ2v) is 8.69. The topological polar surface area (TPSA) is 80.8 Å². The molecule has 2 aromatic rings. The van der Waals surface area contributed by atoms with Crippen LogP contribution in [0.15, 0.2) is 65.4 Å². The van der Waals surface area contributed by atoms with E-state index in [4.69, 9.17) is 4.74 Å². The van der Waals surface area contributed by atoms with Crippen LogP contribution in [0.1, 0.15) is 4.88 Å². The number of thiophene rings is 1. The van der Waals surface area contributed by atoms with Gasteiger partial charge in [0.05, 0.1) is 11.8 Å². The van der Waals surface area contributed by atoms with Crippen LogP contribution in [-0.2, 0) is 24.2 Å². The van der Waals surface area contributed by atoms with Crippen molar-refractivity contribution >= 4 is 44.8 Å². The Hall–Kier alpha value is -2.71. The molecule has 1 amide bonds. The molecule has 1 aliphatic heterocycles. The number of ether oxygens (including phenoxy) is 1. The summed E-state index contributed by atoms with van der Waals surface area (Å²) in [7, 11) is -3.34. The summed E-state index contributed by atoms with van der Waals surface area (Å²) in [4.78, 5) is 26.8. The Morgan fingerprint density at radius 2 is 1.96 bits per heavy atom. The number of carbonyl (C=O) groups is 2. The summed E-state index contributed by atoms with van der Waals surface area (Å²) in [6.07, 6.45) is 4.34. The van der Waals surface area contributed by atoms with E-state index in [9.17, 15) is 18.0 Å². The highest BCUT2D eigenvalue weighted by molar-refractivity contribution is 7.94. The van der Waals surface area contributed by atoms with Crippen LogP contribution in [0.4, 0.5) is 5.69 Å². The Bertz CT molecular complexity index is 963. The summed E-state index contributed by atoms with van der Waals surface area (Å²) >= 11 is 1.47. The quantitative estimate of drug-likeness (QED) is 0.547. The predicted molar refractivity (Wildman–Crippen MR) is 105 cm³/mol. The van der Waals surface area contributed by atoms with Gasteiger partial charge in [0.2, 0.25) is 0 Å². The van der Waals surface area contributed by atoms with E-state index in [1.165, 1.54) is 28.4 Å². The Morgan fingerprint density at radius 1 is 1.19 bits per heavy atom. The van der Waals surface area contributed by atoms with Gasteiger partial charge in [0.15, 0.2) is 16.4 Å². The summed E-state index contributed by atoms with van der Waals surface area (Å²) in [5.74, 6) is -1.33. The highest BCUT2D eigenvalue weighted by Gasteiger charge is 2.31. The average molecular weight is 403 g/mol. The first-order valence-corrected chi connectivity index (χ1v) is 10.7. The van der Waals surface area contributed by atoms with Crippen LogP contribution < -0.4 is 4.90 Å². The van der Waals surface area contributed by atoms with Crippen molar-refractivity contribution in [2.45, 2.75) is 6.04 Å². The van der Waals surface area contributed by atoms with Gasteiger partial charge >= 0.3 is 5.97 Å². The molecule has 2 heterocycles. The van der Waals surface area contributed by atoms with Gasteiger partial charge in [0.25, 0.3) is 5.91 Å². The number of carbonyl (C=O) groups excluding carboxylic acids is 2. The molecule has 1 atom stereocenters. The van der Waals surface area contributed by atoms with Crippen LogP contribution in [0.25, 0.3) is 6.08 Å². The highest BCUT2D eigenvalue weighted by Crippen LogP contribution is 2.22. The number of hydrogen-bond donors (Lipinski definition) is 0. The number of amides is 1. The minimum Gasteiger partial charge on any atom is -0.452 e. The Morgan fingerprint density at radius 3 is 2.59 bits per heavy atom. The number of hydrogen-bond acceptors (Lipinski definition) is 6. The minimum atomic E-state index is -3.34. The molecule has 0 aliphatic carbocycles. The molecule has 3 rings (SSSR count). The highest BCUT2D eigenvalue weighted by atomic mass is 32.2. The third kappa shape index (κ3) is 5.15. The summed E-state index contributed by atoms with van der Waals surface area (Å²) in [6, 6.07) is 11.8. The zero-order chi connectivity index (χ0) is 19.3. The lowest BCUT2D eigenvalue weighted by Gasteiger charge is -2.27. The SMILES string of the molecule is O=C(/C=C/c1cccs1)OCC(=O)N(c1ccccc1)[C@H]1C=CS(=O)(=O)C1. The molecule has 140 valence electrons. The predicted octanol–water partition coefficient (Wildman–Crippen LogP) is 2.65. The molecular weight excluding hydrogens is 386 g/mol. The van der Waals surface area contributed by atoms with Crippen molar-refractivity contribution in [3.8, 4) is 0 Å². The van der Waals surface area contributed by atoms with E-state index in [0.29, 0.717) is 5.69 Å². The smallest absolute Gasteiger partial charge is 0.331 e. The molecule has 0 N–H and O–H groups in total. The van der Waals surface area contributed by atoms with Crippen LogP contribution >= 0.6 is 11.3 Å². The monoisotopic (exact) mass is 403 g/mol. The number of nitrogens with zero attached hydrogens (tertiary/aromatic N) is 1. The standard InChI is InChI=1S/C19H17NO5S2/c21-18(13-25-19(22)9-8-17-7-4-11-26-17)20(15-5-2-1-3-6-15)16-10-12-27(23,24)14-16/h1-12,16H,13-14H2/b9-8+/t16-/m0/s1. The number of rotatable bonds is 6. The van der Waals surface area contributed by atoms with Crippen molar-refractivity contribution in [1.82, 2.24) is 0 Å². The van der Waals surface area contributed by atoms with Gasteiger partial charge < -0.3 is 9.64 Å². The maximum absolute atomic E-state index is 12.7. The van der Waals surface area contributed by atoms with E-state index in [1.54, 1.807) is 36.4 Å². The van der Waals surface area contributed by atoms with Gasteiger partial charge in [0, 0.05) is 22.0 Å². The number of esters is 1. The Balaban J connectivity index is 1.68. The van der Waals surface area contributed by atoms with Crippen LogP contribution in [-0.4, -0.2) is 38.7 Å². The molecule has 1 aromatic carbocycles. The van der Waals surface area contributed by atoms with Crippen LogP contribution in [0.2, 0.25) is 0 Å². The number of sulfone groups is 1. The maximum atomic E-state index is 12.7. The summed E-state index contributed by atoms with van der Waals surface area (Å²) in [5.41, 5.74) is 0.541. The molecule has 0 spiro atoms. The van der Waals surface area contributed by atoms with Gasteiger partial charge in [-0.25, -0.2) is 13.2 Å². The lowest BCUT2D eigenvalue weighted by Crippen LogP contribution is -2.43. The van der Waals surface area contributed by atoms with Crippen molar-refractivity contribution in [2.24, 2.45) is 0 Å². The fourth-order valence-electron chi connectivity index (χ4n) is 2.62. The molecule has 0 radical (unpaired) electrons. The summed E-state index contributed by atoms with van der Waals surface area (Å²) in [5, 5.41) is 2.99. The fraction of sp³-hybridized carbons (Fsp3) is 0.158. The number of benzene rings is 1. The van der Waals surface area contributed by atoms with Crippen LogP contribution in [0, 0.1) is 0 Å². The van der Waals surface area contributed by atoms with Crippen molar-refractivity contribution < 1.29 is 22.7 Å². The van der Waals surface area contributed by atoms with Crippen molar-refractivity contribution in [3.05, 3.63) is 70.3 Å². The number of para-hydroxylation sites is 1. The molecule has 27 heavy (non-hydrogen) atoms. The maximum Gasteiger partial charge on any atom is 0.331 e. The first kappa shape index (κ1) is 19.1. The Kier molecular flexibility index (Phi) is 5.88. The minimum absolute atomic E-state index is 0.195. The van der Waals surface area contributed by atoms with E-state index in [2.05, 4.69) is 0 Å². The first-order chi connectivity index (χ1) is 12.9. The van der Waals surface area contributed by atoms with Gasteiger partial charge in [-0.15, -0.1) is 11.3 Å². The van der Waals surface area contributed by atoms with E-state index < -0.39 is 34.4 Å². The molecule has 0 fully saturated rings. The second-order valence-electron chi connectivity index (χ2n) is 5.78. The molecule has 8 heteroatoms. The molecule has 0 unspecified atom stereocenters. The molecule has 1 aliphatic rings. The molecule has 1 aromatic heterocycles. The molecule has 6 nitrogen and oxygen atoms in total. The van der Waals surface area contributed by atoms with Crippen molar-refractivity contribution in [2.75, 3.05) is 17.3 Å². The number of anilines is 1. The summed E-state index contributed by atoms with van der Waals surface area (Å²) in [6.45, 7) is -0.479. The van der Waals surface area contributed by atoms with Gasteiger partial charge in [-0.1, -0.05) is 24.3 Å². The van der Waals surface area contributed by atoms with E-state index in [-0.39, 0.29) is 5.75 Å². The van der Waals surface area contributed by atoms with Crippen LogP contribution in [0.5, 0.6) is 0 Å². The second kappa shape index (κ2) is 8.32. The lowest BCUT2D eigenvalue weighted by molar-refractivity contribution is -0.143. The van der Waals surface area contributed by atoms with Crippen molar-refractivity contribution in [3.63, 3.8) is 0 Å². The van der Waals surface area contributed by atoms with Gasteiger partial charge in [0.1, 0.15) is 0 Å². The van der Waals surface area contributed by atoms with E-state index >= 15 is 0 Å². The lowest BCUT2D eigenvalue weighted by atomic mass is 10.2. The molecule has 0 saturated carbocycles. The molecule has 0 bridgehead atoms. The third-order valence-corrected chi connectivity index (χ3v) is 6.03. The van der Waals surface area contributed by atoms with Crippen LogP contribution in [0.3, 0.4) is 0 Å². The van der Waals surface area contributed by atoms with Gasteiger partial charge in [-0.3, -0.25) is 4.79 Å². The molecule has 0 saturated heterocycles. The zero-order valence-electron chi connectivity index (χ0n) is 14.2. The van der Waals surface area contributed by atoms with Gasteiger partial charge in [-0.05, 0) is 35.7 Å². The Labute approximate surface area is 161 Å². The zero-order valence-corrected chi connectivity index (χ0v) is 15.9. The van der Waals surface area contributed by atoms with E-state index in [0.717, 1.165) is 10.3 Å². The largest absolute Gasteiger partial charge is 0.452 e. The molecular formula is C19H17NO5S2. The fourth-order valence-corrected chi connectivity index (χ4v) is 4.50. The first-order valence-electron chi connectivity index (χ1n) is 8.11. The summed E-state index contributed by atoms with van der Waals surface area (Å²) < 4.78 is 28.5.